The van der Waals surface area contributed by atoms with Crippen LogP contribution in [0.5, 0.6) is 5.75 Å². The lowest BCUT2D eigenvalue weighted by Crippen LogP contribution is -2.46. The Labute approximate surface area is 249 Å². The molecule has 9 heteroatoms. The van der Waals surface area contributed by atoms with Crippen LogP contribution in [0.2, 0.25) is 0 Å². The van der Waals surface area contributed by atoms with E-state index in [2.05, 4.69) is 58.6 Å². The molecule has 1 aliphatic heterocycles. The number of carbonyl (C=O) groups is 2. The van der Waals surface area contributed by atoms with E-state index in [1.165, 1.54) is 5.56 Å². The molecule has 0 unspecified atom stereocenters. The number of fused-ring (bicyclic) bond motifs is 1. The normalized spacial score (nSPS) is 20.1. The number of anilines is 1. The summed E-state index contributed by atoms with van der Waals surface area (Å²) in [6.45, 7) is 9.17. The third-order valence-electron chi connectivity index (χ3n) is 7.67. The number of amides is 3. The zero-order valence-corrected chi connectivity index (χ0v) is 25.3. The van der Waals surface area contributed by atoms with Crippen molar-refractivity contribution in [2.45, 2.75) is 45.9 Å². The number of hydrogen-bond donors (Lipinski definition) is 2. The standard InChI is InChI=1S/C33H43N5O4/c1-6-16-35-33(40)36-27-14-15-28-30(18-27)42-22-24(3)38(19-23(2)31(41-5)21-37(4)32(28)39)20-25-10-12-26(13-11-25)29-9-7-8-17-34-29/h7-15,17-18,23-24,31H,6,16,19-22H2,1-5H3,(H2,35,36,40)/t23-,24+,31-/m1/s1. The predicted molar refractivity (Wildman–Crippen MR) is 166 cm³/mol. The third-order valence-corrected chi connectivity index (χ3v) is 7.67. The van der Waals surface area contributed by atoms with Crippen LogP contribution < -0.4 is 15.4 Å². The van der Waals surface area contributed by atoms with Crippen LogP contribution in [0.3, 0.4) is 0 Å². The van der Waals surface area contributed by atoms with Gasteiger partial charge in [0.15, 0.2) is 0 Å². The maximum Gasteiger partial charge on any atom is 0.319 e. The van der Waals surface area contributed by atoms with Crippen molar-refractivity contribution in [3.05, 3.63) is 78.0 Å². The summed E-state index contributed by atoms with van der Waals surface area (Å²) in [6, 6.07) is 19.3. The SMILES string of the molecule is CCCNC(=O)Nc1ccc2c(c1)OC[C@H](C)N(Cc1ccc(-c3ccccn3)cc1)C[C@@H](C)[C@H](OC)CN(C)C2=O. The minimum atomic E-state index is -0.293. The summed E-state index contributed by atoms with van der Waals surface area (Å²) >= 11 is 0. The number of methoxy groups -OCH3 is 1. The van der Waals surface area contributed by atoms with E-state index in [1.54, 1.807) is 43.5 Å². The van der Waals surface area contributed by atoms with E-state index in [0.717, 1.165) is 30.8 Å². The van der Waals surface area contributed by atoms with E-state index in [1.807, 2.05) is 25.1 Å². The Hall–Kier alpha value is -3.95. The van der Waals surface area contributed by atoms with Crippen LogP contribution in [0.4, 0.5) is 10.5 Å². The minimum absolute atomic E-state index is 0.0324. The van der Waals surface area contributed by atoms with Gasteiger partial charge in [-0.1, -0.05) is 44.2 Å². The average Bonchev–Trinajstić information content (AvgIpc) is 3.01. The first-order valence-corrected chi connectivity index (χ1v) is 14.6. The van der Waals surface area contributed by atoms with E-state index in [0.29, 0.717) is 36.7 Å². The van der Waals surface area contributed by atoms with Gasteiger partial charge in [-0.2, -0.15) is 0 Å². The monoisotopic (exact) mass is 573 g/mol. The Balaban J connectivity index is 1.58. The Kier molecular flexibility index (Phi) is 10.9. The highest BCUT2D eigenvalue weighted by molar-refractivity contribution is 5.98. The van der Waals surface area contributed by atoms with Crippen molar-refractivity contribution in [2.24, 2.45) is 5.92 Å². The first-order chi connectivity index (χ1) is 20.3. The van der Waals surface area contributed by atoms with Crippen molar-refractivity contribution in [2.75, 3.05) is 45.7 Å². The molecule has 0 saturated carbocycles. The number of nitrogens with zero attached hydrogens (tertiary/aromatic N) is 3. The zero-order valence-electron chi connectivity index (χ0n) is 25.3. The summed E-state index contributed by atoms with van der Waals surface area (Å²) in [5.74, 6) is 0.446. The molecule has 2 aromatic carbocycles. The molecule has 2 heterocycles. The van der Waals surface area contributed by atoms with E-state index < -0.39 is 0 Å². The van der Waals surface area contributed by atoms with Gasteiger partial charge in [-0.25, -0.2) is 4.79 Å². The minimum Gasteiger partial charge on any atom is -0.491 e. The molecule has 3 atom stereocenters. The van der Waals surface area contributed by atoms with Crippen LogP contribution >= 0.6 is 0 Å². The lowest BCUT2D eigenvalue weighted by atomic mass is 10.0. The largest absolute Gasteiger partial charge is 0.491 e. The fraction of sp³-hybridized carbons (Fsp3) is 0.424. The van der Waals surface area contributed by atoms with Crippen LogP contribution in [-0.4, -0.2) is 79.3 Å². The van der Waals surface area contributed by atoms with Gasteiger partial charge >= 0.3 is 6.03 Å². The molecular weight excluding hydrogens is 530 g/mol. The number of urea groups is 1. The fourth-order valence-electron chi connectivity index (χ4n) is 5.11. The highest BCUT2D eigenvalue weighted by Gasteiger charge is 2.28. The van der Waals surface area contributed by atoms with E-state index in [9.17, 15) is 9.59 Å². The van der Waals surface area contributed by atoms with Crippen LogP contribution in [0.25, 0.3) is 11.3 Å². The Bertz CT molecular complexity index is 1320. The molecule has 1 aliphatic rings. The van der Waals surface area contributed by atoms with E-state index in [-0.39, 0.29) is 30.0 Å². The Morgan fingerprint density at radius 3 is 2.57 bits per heavy atom. The van der Waals surface area contributed by atoms with Crippen molar-refractivity contribution in [1.82, 2.24) is 20.1 Å². The molecule has 3 amide bonds. The second-order valence-corrected chi connectivity index (χ2v) is 11.0. The molecule has 0 saturated heterocycles. The number of carbonyl (C=O) groups excluding carboxylic acids is 2. The molecule has 224 valence electrons. The molecular formula is C33H43N5O4. The number of nitrogens with one attached hydrogen (secondary N) is 2. The van der Waals surface area contributed by atoms with Crippen molar-refractivity contribution in [1.29, 1.82) is 0 Å². The van der Waals surface area contributed by atoms with Crippen molar-refractivity contribution in [3.8, 4) is 17.0 Å². The number of hydrogen-bond acceptors (Lipinski definition) is 6. The van der Waals surface area contributed by atoms with Gasteiger partial charge in [-0.15, -0.1) is 0 Å². The first-order valence-electron chi connectivity index (χ1n) is 14.6. The highest BCUT2D eigenvalue weighted by Crippen LogP contribution is 2.27. The highest BCUT2D eigenvalue weighted by atomic mass is 16.5. The van der Waals surface area contributed by atoms with Crippen LogP contribution in [0.15, 0.2) is 66.9 Å². The maximum atomic E-state index is 13.5. The van der Waals surface area contributed by atoms with Gasteiger partial charge in [0.1, 0.15) is 12.4 Å². The van der Waals surface area contributed by atoms with Gasteiger partial charge in [0, 0.05) is 69.9 Å². The number of aromatic nitrogens is 1. The van der Waals surface area contributed by atoms with Crippen LogP contribution in [0, 0.1) is 5.92 Å². The fourth-order valence-corrected chi connectivity index (χ4v) is 5.11. The third kappa shape index (κ3) is 8.08. The quantitative estimate of drug-likeness (QED) is 0.399. The Morgan fingerprint density at radius 1 is 1.10 bits per heavy atom. The molecule has 4 rings (SSSR count). The van der Waals surface area contributed by atoms with Gasteiger partial charge in [-0.3, -0.25) is 14.7 Å². The van der Waals surface area contributed by atoms with Gasteiger partial charge in [0.25, 0.3) is 5.91 Å². The smallest absolute Gasteiger partial charge is 0.319 e. The Morgan fingerprint density at radius 2 is 1.88 bits per heavy atom. The summed E-state index contributed by atoms with van der Waals surface area (Å²) in [5, 5.41) is 5.65. The molecule has 0 bridgehead atoms. The van der Waals surface area contributed by atoms with Gasteiger partial charge in [-0.05, 0) is 49.1 Å². The summed E-state index contributed by atoms with van der Waals surface area (Å²) in [6.07, 6.45) is 2.50. The summed E-state index contributed by atoms with van der Waals surface area (Å²) in [5.41, 5.74) is 4.22. The van der Waals surface area contributed by atoms with Crippen LogP contribution in [0.1, 0.15) is 43.1 Å². The molecule has 0 fully saturated rings. The number of pyridine rings is 1. The summed E-state index contributed by atoms with van der Waals surface area (Å²) < 4.78 is 12.2. The molecule has 42 heavy (non-hydrogen) atoms. The second kappa shape index (κ2) is 14.8. The number of benzene rings is 2. The van der Waals surface area contributed by atoms with Crippen molar-refractivity contribution in [3.63, 3.8) is 0 Å². The second-order valence-electron chi connectivity index (χ2n) is 11.0. The van der Waals surface area contributed by atoms with Gasteiger partial charge < -0.3 is 25.0 Å². The first kappa shape index (κ1) is 31.0. The van der Waals surface area contributed by atoms with Crippen molar-refractivity contribution >= 4 is 17.6 Å². The molecule has 0 radical (unpaired) electrons. The number of likely N-dealkylation sites (N-methyl/N-ethyl adjacent to an activating group) is 1. The number of rotatable bonds is 7. The lowest BCUT2D eigenvalue weighted by Gasteiger charge is -2.36. The lowest BCUT2D eigenvalue weighted by molar-refractivity contribution is 0.00922. The van der Waals surface area contributed by atoms with E-state index >= 15 is 0 Å². The van der Waals surface area contributed by atoms with Crippen LogP contribution in [-0.2, 0) is 11.3 Å². The maximum absolute atomic E-state index is 13.5. The van der Waals surface area contributed by atoms with Crippen molar-refractivity contribution < 1.29 is 19.1 Å². The number of ether oxygens (including phenoxy) is 2. The molecule has 9 nitrogen and oxygen atoms in total. The topological polar surface area (TPSA) is 96.0 Å². The summed E-state index contributed by atoms with van der Waals surface area (Å²) in [7, 11) is 3.48. The van der Waals surface area contributed by atoms with E-state index in [4.69, 9.17) is 9.47 Å². The molecule has 3 aromatic rings. The molecule has 0 aliphatic carbocycles. The molecule has 0 spiro atoms. The summed E-state index contributed by atoms with van der Waals surface area (Å²) in [4.78, 5) is 34.3. The zero-order chi connectivity index (χ0) is 30.1. The predicted octanol–water partition coefficient (Wildman–Crippen LogP) is 5.29. The van der Waals surface area contributed by atoms with Gasteiger partial charge in [0.05, 0.1) is 17.4 Å². The van der Waals surface area contributed by atoms with Gasteiger partial charge in [0.2, 0.25) is 0 Å². The average molecular weight is 574 g/mol. The molecule has 1 aromatic heterocycles. The molecule has 2 N–H and O–H groups in total.